The third kappa shape index (κ3) is 4.40. The summed E-state index contributed by atoms with van der Waals surface area (Å²) in [6.45, 7) is 5.83. The van der Waals surface area contributed by atoms with E-state index in [9.17, 15) is 14.4 Å². The number of benzene rings is 2. The van der Waals surface area contributed by atoms with Gasteiger partial charge >= 0.3 is 0 Å². The highest BCUT2D eigenvalue weighted by Gasteiger charge is 2.19. The van der Waals surface area contributed by atoms with Crippen molar-refractivity contribution in [3.63, 3.8) is 0 Å². The average molecular weight is 449 g/mol. The van der Waals surface area contributed by atoms with Crippen molar-refractivity contribution in [1.29, 1.82) is 0 Å². The lowest BCUT2D eigenvalue weighted by Crippen LogP contribution is -2.28. The molecule has 2 heterocycles. The Labute approximate surface area is 190 Å². The number of hydrogen-bond donors (Lipinski definition) is 2. The number of likely N-dealkylation sites (tertiary alicyclic amines) is 1. The highest BCUT2D eigenvalue weighted by atomic mass is 32.1. The van der Waals surface area contributed by atoms with E-state index in [1.807, 2.05) is 23.1 Å². The molecule has 4 rings (SSSR count). The molecule has 2 aromatic carbocycles. The standard InChI is InChI=1S/C24H24N4O3S/c1-2-10-28-23(31)19-9-8-17(14-20(19)26-24(28)32)21(29)25-15-16-6-5-7-18(13-16)22(30)27-11-3-4-12-27/h2,5-9,13-14H,1,3-4,10-12,15H2,(H,25,29)(H,26,32). The maximum absolute atomic E-state index is 12.7. The van der Waals surface area contributed by atoms with Crippen molar-refractivity contribution in [2.24, 2.45) is 0 Å². The van der Waals surface area contributed by atoms with Gasteiger partial charge in [0.05, 0.1) is 10.9 Å². The van der Waals surface area contributed by atoms with E-state index in [1.54, 1.807) is 30.3 Å². The van der Waals surface area contributed by atoms with Gasteiger partial charge in [-0.1, -0.05) is 18.2 Å². The normalized spacial score (nSPS) is 13.3. The van der Waals surface area contributed by atoms with Crippen molar-refractivity contribution in [2.75, 3.05) is 13.1 Å². The lowest BCUT2D eigenvalue weighted by molar-refractivity contribution is 0.0792. The molecular weight excluding hydrogens is 424 g/mol. The van der Waals surface area contributed by atoms with Crippen LogP contribution in [0.4, 0.5) is 0 Å². The summed E-state index contributed by atoms with van der Waals surface area (Å²) in [5.41, 5.74) is 2.17. The molecule has 0 atom stereocenters. The van der Waals surface area contributed by atoms with E-state index in [4.69, 9.17) is 12.2 Å². The van der Waals surface area contributed by atoms with E-state index < -0.39 is 0 Å². The molecule has 0 unspecified atom stereocenters. The van der Waals surface area contributed by atoms with E-state index in [0.717, 1.165) is 31.5 Å². The molecule has 0 aliphatic carbocycles. The van der Waals surface area contributed by atoms with E-state index in [1.165, 1.54) is 4.57 Å². The van der Waals surface area contributed by atoms with Crippen LogP contribution in [0.1, 0.15) is 39.1 Å². The molecule has 1 aliphatic rings. The number of allylic oxidation sites excluding steroid dienone is 1. The molecule has 1 saturated heterocycles. The minimum absolute atomic E-state index is 0.0302. The molecule has 2 amide bonds. The van der Waals surface area contributed by atoms with E-state index in [0.29, 0.717) is 28.6 Å². The summed E-state index contributed by atoms with van der Waals surface area (Å²) < 4.78 is 1.69. The first-order chi connectivity index (χ1) is 15.5. The number of hydrogen-bond acceptors (Lipinski definition) is 4. The number of amides is 2. The molecular formula is C24H24N4O3S. The van der Waals surface area contributed by atoms with Crippen molar-refractivity contribution in [3.8, 4) is 0 Å². The largest absolute Gasteiger partial charge is 0.348 e. The molecule has 164 valence electrons. The molecule has 1 aromatic heterocycles. The Kier molecular flexibility index (Phi) is 6.32. The molecule has 0 spiro atoms. The lowest BCUT2D eigenvalue weighted by Gasteiger charge is -2.15. The van der Waals surface area contributed by atoms with Crippen molar-refractivity contribution in [3.05, 3.63) is 86.9 Å². The van der Waals surface area contributed by atoms with Gasteiger partial charge in [0.1, 0.15) is 0 Å². The lowest BCUT2D eigenvalue weighted by atomic mass is 10.1. The zero-order valence-electron chi connectivity index (χ0n) is 17.6. The van der Waals surface area contributed by atoms with Crippen LogP contribution in [0, 0.1) is 4.77 Å². The number of carbonyl (C=O) groups excluding carboxylic acids is 2. The smallest absolute Gasteiger partial charge is 0.262 e. The van der Waals surface area contributed by atoms with Gasteiger partial charge in [-0.3, -0.25) is 19.0 Å². The molecule has 0 radical (unpaired) electrons. The molecule has 32 heavy (non-hydrogen) atoms. The maximum Gasteiger partial charge on any atom is 0.262 e. The molecule has 1 aliphatic heterocycles. The fraction of sp³-hybridized carbons (Fsp3) is 0.250. The predicted octanol–water partition coefficient (Wildman–Crippen LogP) is 3.41. The molecule has 7 nitrogen and oxygen atoms in total. The third-order valence-corrected chi connectivity index (χ3v) is 5.90. The van der Waals surface area contributed by atoms with Crippen LogP contribution in [-0.2, 0) is 13.1 Å². The minimum atomic E-state index is -0.280. The fourth-order valence-corrected chi connectivity index (χ4v) is 4.16. The molecule has 2 N–H and O–H groups in total. The summed E-state index contributed by atoms with van der Waals surface area (Å²) in [7, 11) is 0. The Morgan fingerprint density at radius 2 is 1.91 bits per heavy atom. The quantitative estimate of drug-likeness (QED) is 0.447. The Morgan fingerprint density at radius 3 is 2.66 bits per heavy atom. The van der Waals surface area contributed by atoms with Crippen molar-refractivity contribution < 1.29 is 9.59 Å². The Bertz CT molecular complexity index is 1320. The Balaban J connectivity index is 1.49. The van der Waals surface area contributed by atoms with Crippen LogP contribution in [0.2, 0.25) is 0 Å². The van der Waals surface area contributed by atoms with E-state index in [-0.39, 0.29) is 28.7 Å². The molecule has 0 bridgehead atoms. The first-order valence-corrected chi connectivity index (χ1v) is 10.9. The maximum atomic E-state index is 12.7. The SMILES string of the molecule is C=CCn1c(=S)[nH]c2cc(C(=O)NCc3cccc(C(=O)N4CCCC4)c3)ccc2c1=O. The van der Waals surface area contributed by atoms with Crippen LogP contribution < -0.4 is 10.9 Å². The summed E-state index contributed by atoms with van der Waals surface area (Å²) in [6.07, 6.45) is 3.69. The summed E-state index contributed by atoms with van der Waals surface area (Å²) in [4.78, 5) is 42.8. The van der Waals surface area contributed by atoms with Crippen LogP contribution in [0.15, 0.2) is 59.9 Å². The van der Waals surface area contributed by atoms with E-state index >= 15 is 0 Å². The second-order valence-electron chi connectivity index (χ2n) is 7.78. The fourth-order valence-electron chi connectivity index (χ4n) is 3.89. The second-order valence-corrected chi connectivity index (χ2v) is 8.16. The van der Waals surface area contributed by atoms with Crippen LogP contribution in [0.25, 0.3) is 10.9 Å². The molecule has 8 heteroatoms. The third-order valence-electron chi connectivity index (χ3n) is 5.58. The molecule has 3 aromatic rings. The number of nitrogens with one attached hydrogen (secondary N) is 2. The Morgan fingerprint density at radius 1 is 1.12 bits per heavy atom. The predicted molar refractivity (Wildman–Crippen MR) is 126 cm³/mol. The highest BCUT2D eigenvalue weighted by Crippen LogP contribution is 2.15. The van der Waals surface area contributed by atoms with Crippen LogP contribution in [-0.4, -0.2) is 39.4 Å². The highest BCUT2D eigenvalue weighted by molar-refractivity contribution is 7.71. The molecule has 1 fully saturated rings. The zero-order chi connectivity index (χ0) is 22.7. The monoisotopic (exact) mass is 448 g/mol. The number of fused-ring (bicyclic) bond motifs is 1. The van der Waals surface area contributed by atoms with Crippen LogP contribution in [0.3, 0.4) is 0 Å². The van der Waals surface area contributed by atoms with Gasteiger partial charge < -0.3 is 15.2 Å². The van der Waals surface area contributed by atoms with Gasteiger partial charge in [-0.25, -0.2) is 0 Å². The van der Waals surface area contributed by atoms with Crippen LogP contribution in [0.5, 0.6) is 0 Å². The van der Waals surface area contributed by atoms with Gasteiger partial charge in [0.15, 0.2) is 4.77 Å². The number of carbonyl (C=O) groups is 2. The first kappa shape index (κ1) is 21.7. The topological polar surface area (TPSA) is 87.2 Å². The van der Waals surface area contributed by atoms with Gasteiger partial charge in [-0.05, 0) is 61.0 Å². The summed E-state index contributed by atoms with van der Waals surface area (Å²) in [5.74, 6) is -0.250. The Hall–Kier alpha value is -3.52. The van der Waals surface area contributed by atoms with Gasteiger partial charge in [0.25, 0.3) is 17.4 Å². The number of aromatic amines is 1. The summed E-state index contributed by atoms with van der Waals surface area (Å²) in [6, 6.07) is 12.2. The van der Waals surface area contributed by atoms with Crippen molar-refractivity contribution in [2.45, 2.75) is 25.9 Å². The number of H-pyrrole nitrogens is 1. The van der Waals surface area contributed by atoms with Crippen LogP contribution >= 0.6 is 12.2 Å². The second kappa shape index (κ2) is 9.32. The van der Waals surface area contributed by atoms with Gasteiger partial charge in [-0.2, -0.15) is 0 Å². The summed E-state index contributed by atoms with van der Waals surface area (Å²) in [5, 5.41) is 3.33. The number of rotatable bonds is 6. The summed E-state index contributed by atoms with van der Waals surface area (Å²) >= 11 is 5.26. The van der Waals surface area contributed by atoms with E-state index in [2.05, 4.69) is 16.9 Å². The van der Waals surface area contributed by atoms with Crippen molar-refractivity contribution in [1.82, 2.24) is 19.8 Å². The average Bonchev–Trinajstić information content (AvgIpc) is 3.34. The minimum Gasteiger partial charge on any atom is -0.348 e. The zero-order valence-corrected chi connectivity index (χ0v) is 18.4. The van der Waals surface area contributed by atoms with Crippen molar-refractivity contribution >= 4 is 34.9 Å². The first-order valence-electron chi connectivity index (χ1n) is 10.5. The van der Waals surface area contributed by atoms with Gasteiger partial charge in [-0.15, -0.1) is 6.58 Å². The van der Waals surface area contributed by atoms with Gasteiger partial charge in [0, 0.05) is 37.3 Å². The van der Waals surface area contributed by atoms with Gasteiger partial charge in [0.2, 0.25) is 0 Å². The number of aromatic nitrogens is 2. The number of nitrogens with zero attached hydrogens (tertiary/aromatic N) is 2. The molecule has 0 saturated carbocycles.